The molecule has 13 rings (SSSR count). The lowest BCUT2D eigenvalue weighted by Gasteiger charge is -2.32. The van der Waals surface area contributed by atoms with Crippen molar-refractivity contribution >= 4 is 130 Å². The average molecular weight is 1850 g/mol. The SMILES string of the molecule is CSCC[C@H](NC(=O)CNC(=O)[C@@H]1CCCN1C(=O)[C@@H]1C[C@@H](O)CN1C(=O)CNC(=O)[C@@H]1CCCN1C(=O)[C@@H]1C[C@@H](O)CN1C(=O)CNC(=O)[C@@H]1CCCN1C(=O)[C@@H]1C[C@@H](O)CN1C(=O)CNC(=O)[C@@H]1CCCN1C(=O)[C@@H]1C[C@@H](O)CN1)C(=O)N1CCC[C@H]1C(=O)NCC(=O)N1C[C@H](O)C[C@H]1C(=O)N1CCC[C@H]1C(=O)NCC(=O)N1C[C@H](O)C[C@H]1C(=O)N1CCC[C@H]1C(=O)O. The summed E-state index contributed by atoms with van der Waals surface area (Å²) >= 11 is 1.36. The minimum Gasteiger partial charge on any atom is -0.480 e. The lowest BCUT2D eigenvalue weighted by atomic mass is 10.1. The molecule has 0 aliphatic carbocycles. The van der Waals surface area contributed by atoms with Crippen molar-refractivity contribution in [1.29, 1.82) is 0 Å². The summed E-state index contributed by atoms with van der Waals surface area (Å²) < 4.78 is 0. The van der Waals surface area contributed by atoms with Crippen LogP contribution in [0, 0.1) is 0 Å². The molecule has 47 nitrogen and oxygen atoms in total. The van der Waals surface area contributed by atoms with Crippen LogP contribution in [0.2, 0.25) is 0 Å². The van der Waals surface area contributed by atoms with Crippen molar-refractivity contribution in [3.05, 3.63) is 0 Å². The summed E-state index contributed by atoms with van der Waals surface area (Å²) in [6.07, 6.45) is -1.31. The number of hydrogen-bond donors (Lipinski definition) is 15. The number of likely N-dealkylation sites (tertiary alicyclic amines) is 12. The van der Waals surface area contributed by atoms with Crippen LogP contribution < -0.4 is 42.5 Å². The highest BCUT2D eigenvalue weighted by atomic mass is 32.2. The van der Waals surface area contributed by atoms with Crippen molar-refractivity contribution < 1.29 is 132 Å². The van der Waals surface area contributed by atoms with E-state index in [-0.39, 0.29) is 168 Å². The minimum atomic E-state index is -1.30. The highest BCUT2D eigenvalue weighted by Gasteiger charge is 2.53. The fraction of sp³-hybridized carbons (Fsp3) is 0.756. The van der Waals surface area contributed by atoms with Crippen LogP contribution in [0.4, 0.5) is 0 Å². The van der Waals surface area contributed by atoms with Crippen molar-refractivity contribution in [1.82, 2.24) is 101 Å². The van der Waals surface area contributed by atoms with Gasteiger partial charge in [-0.05, 0) is 115 Å². The number of aliphatic hydroxyl groups excluding tert-OH is 6. The van der Waals surface area contributed by atoms with Crippen LogP contribution >= 0.6 is 11.8 Å². The molecule has 13 saturated heterocycles. The number of hydrogen-bond acceptors (Lipinski definition) is 28. The number of carboxylic acid groups (broad SMARTS) is 1. The average Bonchev–Trinajstić information content (AvgIpc) is 1.66. The highest BCUT2D eigenvalue weighted by molar-refractivity contribution is 7.98. The van der Waals surface area contributed by atoms with Crippen molar-refractivity contribution in [2.45, 2.75) is 256 Å². The molecule has 0 saturated carbocycles. The maximum atomic E-state index is 14.5. The predicted octanol–water partition coefficient (Wildman–Crippen LogP) is -11.5. The van der Waals surface area contributed by atoms with Gasteiger partial charge in [0.1, 0.15) is 78.5 Å². The molecule has 19 amide bonds. The van der Waals surface area contributed by atoms with Gasteiger partial charge in [-0.15, -0.1) is 0 Å². The van der Waals surface area contributed by atoms with Crippen LogP contribution in [0.15, 0.2) is 0 Å². The summed E-state index contributed by atoms with van der Waals surface area (Å²) in [7, 11) is 0. The number of β-amino-alcohol motifs (C(OH)–C–C–N with tert-alkyl or cyclic N) is 6. The smallest absolute Gasteiger partial charge is 0.326 e. The maximum Gasteiger partial charge on any atom is 0.326 e. The second-order valence-electron chi connectivity index (χ2n) is 36.0. The van der Waals surface area contributed by atoms with Gasteiger partial charge in [-0.25, -0.2) is 4.79 Å². The molecule has 0 aromatic carbocycles. The van der Waals surface area contributed by atoms with E-state index in [0.29, 0.717) is 63.7 Å². The minimum absolute atomic E-state index is 0.0446. The van der Waals surface area contributed by atoms with E-state index in [1.165, 1.54) is 46.1 Å². The third-order valence-corrected chi connectivity index (χ3v) is 28.1. The molecular weight excluding hydrogens is 1730 g/mol. The number of aliphatic carboxylic acids is 1. The summed E-state index contributed by atoms with van der Waals surface area (Å²) in [6, 6.07) is -15.7. The fourth-order valence-electron chi connectivity index (χ4n) is 20.9. The number of aliphatic hydroxyl groups is 6. The molecule has 0 aromatic heterocycles. The van der Waals surface area contributed by atoms with Crippen molar-refractivity contribution in [3.8, 4) is 0 Å². The number of rotatable bonds is 30. The fourth-order valence-corrected chi connectivity index (χ4v) is 21.4. The molecule has 0 spiro atoms. The monoisotopic (exact) mass is 1850 g/mol. The quantitative estimate of drug-likeness (QED) is 0.0318. The first kappa shape index (κ1) is 97.0. The predicted molar refractivity (Wildman–Crippen MR) is 447 cm³/mol. The van der Waals surface area contributed by atoms with E-state index in [4.69, 9.17) is 0 Å². The van der Waals surface area contributed by atoms with Gasteiger partial charge in [0.2, 0.25) is 112 Å². The van der Waals surface area contributed by atoms with Crippen molar-refractivity contribution in [2.24, 2.45) is 0 Å². The van der Waals surface area contributed by atoms with Gasteiger partial charge < -0.3 is 137 Å². The Labute approximate surface area is 752 Å². The van der Waals surface area contributed by atoms with Gasteiger partial charge in [-0.2, -0.15) is 11.8 Å². The Balaban J connectivity index is 0.535. The molecule has 13 heterocycles. The van der Waals surface area contributed by atoms with Crippen LogP contribution in [0.5, 0.6) is 0 Å². The summed E-state index contributed by atoms with van der Waals surface area (Å²) in [5, 5.41) is 94.4. The molecule has 20 atom stereocenters. The lowest BCUT2D eigenvalue weighted by molar-refractivity contribution is -0.151. The van der Waals surface area contributed by atoms with E-state index in [2.05, 4.69) is 42.5 Å². The summed E-state index contributed by atoms with van der Waals surface area (Å²) in [5.41, 5.74) is 0. The zero-order valence-corrected chi connectivity index (χ0v) is 73.4. The van der Waals surface area contributed by atoms with Gasteiger partial charge in [-0.1, -0.05) is 0 Å². The first-order valence-corrected chi connectivity index (χ1v) is 46.6. The molecule has 0 aromatic rings. The topological polar surface area (TPSA) is 618 Å². The summed E-state index contributed by atoms with van der Waals surface area (Å²) in [5.74, 6) is -13.9. The normalized spacial score (nSPS) is 30.3. The largest absolute Gasteiger partial charge is 0.480 e. The van der Waals surface area contributed by atoms with Crippen LogP contribution in [0.25, 0.3) is 0 Å². The number of thioether (sulfide) groups is 1. The molecule has 13 aliphatic heterocycles. The highest BCUT2D eigenvalue weighted by Crippen LogP contribution is 2.34. The van der Waals surface area contributed by atoms with E-state index in [1.807, 2.05) is 0 Å². The number of nitrogens with one attached hydrogen (secondary N) is 8. The molecule has 716 valence electrons. The molecule has 0 radical (unpaired) electrons. The van der Waals surface area contributed by atoms with E-state index >= 15 is 0 Å². The van der Waals surface area contributed by atoms with Crippen LogP contribution in [-0.4, -0.2) is 470 Å². The molecule has 130 heavy (non-hydrogen) atoms. The third kappa shape index (κ3) is 21.8. The van der Waals surface area contributed by atoms with E-state index < -0.39 is 273 Å². The maximum absolute atomic E-state index is 14.5. The number of carbonyl (C=O) groups excluding carboxylic acids is 19. The van der Waals surface area contributed by atoms with Crippen molar-refractivity contribution in [2.75, 3.05) is 136 Å². The van der Waals surface area contributed by atoms with Gasteiger partial charge in [-0.3, -0.25) is 91.1 Å². The molecule has 13 fully saturated rings. The molecular formula is C82H120N20O27S. The van der Waals surface area contributed by atoms with Gasteiger partial charge in [0.25, 0.3) is 0 Å². The molecule has 0 unspecified atom stereocenters. The lowest BCUT2D eigenvalue weighted by Crippen LogP contribution is -2.57. The third-order valence-electron chi connectivity index (χ3n) is 27.4. The first-order valence-electron chi connectivity index (χ1n) is 45.2. The van der Waals surface area contributed by atoms with E-state index in [0.717, 1.165) is 24.5 Å². The molecule has 15 N–H and O–H groups in total. The van der Waals surface area contributed by atoms with E-state index in [1.54, 1.807) is 6.26 Å². The van der Waals surface area contributed by atoms with Crippen molar-refractivity contribution in [3.63, 3.8) is 0 Å². The Hall–Kier alpha value is -10.5. The number of nitrogens with zero attached hydrogens (tertiary/aromatic N) is 12. The number of carboxylic acids is 1. The van der Waals surface area contributed by atoms with Crippen LogP contribution in [0.1, 0.15) is 135 Å². The van der Waals surface area contributed by atoms with Gasteiger partial charge in [0.05, 0.1) is 81.9 Å². The zero-order valence-electron chi connectivity index (χ0n) is 72.6. The Morgan fingerprint density at radius 3 is 0.815 bits per heavy atom. The molecule has 0 bridgehead atoms. The van der Waals surface area contributed by atoms with Gasteiger partial charge >= 0.3 is 5.97 Å². The Morgan fingerprint density at radius 1 is 0.308 bits per heavy atom. The standard InChI is InChI=1S/C82H120N20O27S/c1-130-24-16-49(75(121)91-17-2-9-51(91)70(116)85-33-64(110)99-39-45(105)27-59(99)78(124)96-22-7-14-56(96)74(120)89-37-68(114)102-42-48(108)30-62(102)81(127)97-23-8-15-57(97)82(128)129)90-63(109)32-84-69(115)53-11-4-19-93(53)77(123)58-26-44(104)38-98(58)66(112)35-87-72(118)55-13-6-21-95(55)80(126)61-29-47(107)41-101(61)67(113)36-88-73(119)54-12-5-20-94(54)79(125)60-28-46(106)40-100(60)65(111)34-86-71(117)52-10-3-18-92(52)76(122)50-25-43(103)31-83-50/h43-62,83,103-108H,2-42H2,1H3,(H,84,115)(H,85,116)(H,86,117)(H,87,118)(H,88,119)(H,89,120)(H,90,109)(H,128,129)/t43-,44-,45-,46-,47-,48-,49+,50+,51+,52+,53+,54+,55+,56+,57+,58+,59+,60+,61+,62+/m1/s1. The Kier molecular flexibility index (Phi) is 31.9. The second kappa shape index (κ2) is 42.8. The molecule has 48 heteroatoms. The number of carbonyl (C=O) groups is 20. The van der Waals surface area contributed by atoms with Crippen LogP contribution in [-0.2, 0) is 95.9 Å². The summed E-state index contributed by atoms with van der Waals surface area (Å²) in [4.78, 5) is 291. The Bertz CT molecular complexity index is 4380. The first-order chi connectivity index (χ1) is 62.1. The van der Waals surface area contributed by atoms with E-state index in [9.17, 15) is 132 Å². The van der Waals surface area contributed by atoms with Gasteiger partial charge in [0, 0.05) is 117 Å². The van der Waals surface area contributed by atoms with Gasteiger partial charge in [0.15, 0.2) is 0 Å². The summed E-state index contributed by atoms with van der Waals surface area (Å²) in [6.45, 7) is -4.24. The number of amides is 19. The molecule has 13 aliphatic rings. The second-order valence-corrected chi connectivity index (χ2v) is 37.0. The zero-order chi connectivity index (χ0) is 93.4. The van der Waals surface area contributed by atoms with Crippen LogP contribution in [0.3, 0.4) is 0 Å². The Morgan fingerprint density at radius 2 is 0.554 bits per heavy atom.